The SMILES string of the molecule is CC(Br)CS(=O)(=O)O.[NaH]. The third-order valence-corrected chi connectivity index (χ3v) is 2.11. The average Bonchev–Trinajstić information content (AvgIpc) is 1.21. The van der Waals surface area contributed by atoms with E-state index in [0.29, 0.717) is 0 Å². The second-order valence-corrected chi connectivity index (χ2v) is 4.59. The van der Waals surface area contributed by atoms with Crippen LogP contribution in [0, 0.1) is 0 Å². The zero-order valence-corrected chi connectivity index (χ0v) is 6.74. The van der Waals surface area contributed by atoms with Gasteiger partial charge in [-0.25, -0.2) is 0 Å². The van der Waals surface area contributed by atoms with Gasteiger partial charge in [0.15, 0.2) is 0 Å². The first-order chi connectivity index (χ1) is 3.42. The summed E-state index contributed by atoms with van der Waals surface area (Å²) in [6, 6.07) is 0. The van der Waals surface area contributed by atoms with Crippen molar-refractivity contribution in [1.29, 1.82) is 0 Å². The predicted molar refractivity (Wildman–Crippen MR) is 42.0 cm³/mol. The Morgan fingerprint density at radius 3 is 2.00 bits per heavy atom. The summed E-state index contributed by atoms with van der Waals surface area (Å²) in [5.74, 6) is -0.229. The molecule has 0 saturated heterocycles. The van der Waals surface area contributed by atoms with Crippen molar-refractivity contribution in [2.45, 2.75) is 11.8 Å². The number of halogens is 1. The van der Waals surface area contributed by atoms with Crippen LogP contribution in [0.15, 0.2) is 0 Å². The van der Waals surface area contributed by atoms with Crippen LogP contribution in [-0.2, 0) is 10.1 Å². The van der Waals surface area contributed by atoms with Gasteiger partial charge in [-0.3, -0.25) is 4.55 Å². The quantitative estimate of drug-likeness (QED) is 0.410. The Morgan fingerprint density at radius 1 is 1.67 bits per heavy atom. The molecule has 1 unspecified atom stereocenters. The summed E-state index contributed by atoms with van der Waals surface area (Å²) in [5.41, 5.74) is 0. The predicted octanol–water partition coefficient (Wildman–Crippen LogP) is 0.00910. The van der Waals surface area contributed by atoms with Gasteiger partial charge < -0.3 is 0 Å². The molecule has 0 fully saturated rings. The molecule has 0 aromatic rings. The molecule has 1 atom stereocenters. The average molecular weight is 227 g/mol. The Kier molecular flexibility index (Phi) is 7.37. The Hall–Kier alpha value is 1.39. The van der Waals surface area contributed by atoms with E-state index in [1.165, 1.54) is 0 Å². The molecule has 0 aromatic carbocycles. The molecule has 0 radical (unpaired) electrons. The third kappa shape index (κ3) is 12.6. The van der Waals surface area contributed by atoms with Gasteiger partial charge in [-0.1, -0.05) is 22.9 Å². The van der Waals surface area contributed by atoms with Crippen LogP contribution in [0.3, 0.4) is 0 Å². The molecule has 0 aliphatic heterocycles. The van der Waals surface area contributed by atoms with E-state index in [1.807, 2.05) is 0 Å². The summed E-state index contributed by atoms with van der Waals surface area (Å²) in [7, 11) is -3.77. The van der Waals surface area contributed by atoms with Crippen molar-refractivity contribution in [3.8, 4) is 0 Å². The molecule has 0 aromatic heterocycles. The van der Waals surface area contributed by atoms with Gasteiger partial charge >= 0.3 is 29.6 Å². The molecular formula is C3H8BrNaO3S. The van der Waals surface area contributed by atoms with Gasteiger partial charge in [0.1, 0.15) is 0 Å². The Bertz CT molecular complexity index is 152. The molecule has 0 spiro atoms. The molecule has 9 heavy (non-hydrogen) atoms. The van der Waals surface area contributed by atoms with Gasteiger partial charge in [0.2, 0.25) is 0 Å². The molecule has 0 rings (SSSR count). The van der Waals surface area contributed by atoms with Gasteiger partial charge in [-0.05, 0) is 0 Å². The second kappa shape index (κ2) is 5.09. The van der Waals surface area contributed by atoms with Crippen LogP contribution < -0.4 is 0 Å². The first-order valence-corrected chi connectivity index (χ1v) is 4.53. The van der Waals surface area contributed by atoms with E-state index in [-0.39, 0.29) is 40.1 Å². The van der Waals surface area contributed by atoms with Crippen LogP contribution in [0.25, 0.3) is 0 Å². The van der Waals surface area contributed by atoms with Crippen LogP contribution in [0.4, 0.5) is 0 Å². The van der Waals surface area contributed by atoms with Gasteiger partial charge in [-0.2, -0.15) is 8.42 Å². The van der Waals surface area contributed by atoms with Crippen LogP contribution in [0.5, 0.6) is 0 Å². The molecule has 0 aliphatic carbocycles. The molecule has 0 heterocycles. The molecule has 0 amide bonds. The minimum absolute atomic E-state index is 0. The number of hydrogen-bond acceptors (Lipinski definition) is 2. The van der Waals surface area contributed by atoms with Gasteiger partial charge in [0.25, 0.3) is 10.1 Å². The topological polar surface area (TPSA) is 54.4 Å². The summed E-state index contributed by atoms with van der Waals surface area (Å²) in [4.78, 5) is -0.183. The normalized spacial score (nSPS) is 14.1. The van der Waals surface area contributed by atoms with Crippen molar-refractivity contribution in [3.63, 3.8) is 0 Å². The van der Waals surface area contributed by atoms with Gasteiger partial charge in [0, 0.05) is 4.83 Å². The van der Waals surface area contributed by atoms with E-state index < -0.39 is 10.1 Å². The zero-order chi connectivity index (χ0) is 6.78. The zero-order valence-electron chi connectivity index (χ0n) is 4.33. The number of hydrogen-bond donors (Lipinski definition) is 1. The van der Waals surface area contributed by atoms with Crippen LogP contribution in [-0.4, -0.2) is 53.1 Å². The van der Waals surface area contributed by atoms with Crippen molar-refractivity contribution in [1.82, 2.24) is 0 Å². The standard InChI is InChI=1S/C3H7BrO3S.Na.H/c1-3(4)2-8(5,6)7;;/h3H,2H2,1H3,(H,5,6,7);;. The van der Waals surface area contributed by atoms with Crippen molar-refractivity contribution in [3.05, 3.63) is 0 Å². The van der Waals surface area contributed by atoms with Crippen LogP contribution in [0.2, 0.25) is 0 Å². The molecular weight excluding hydrogens is 219 g/mol. The van der Waals surface area contributed by atoms with Crippen LogP contribution in [0.1, 0.15) is 6.92 Å². The van der Waals surface area contributed by atoms with E-state index in [2.05, 4.69) is 15.9 Å². The van der Waals surface area contributed by atoms with Gasteiger partial charge in [0.05, 0.1) is 5.75 Å². The third-order valence-electron chi connectivity index (χ3n) is 0.440. The summed E-state index contributed by atoms with van der Waals surface area (Å²) >= 11 is 2.97. The minimum atomic E-state index is -3.77. The number of rotatable bonds is 2. The van der Waals surface area contributed by atoms with E-state index in [4.69, 9.17) is 4.55 Å². The van der Waals surface area contributed by atoms with Crippen molar-refractivity contribution < 1.29 is 13.0 Å². The summed E-state index contributed by atoms with van der Waals surface area (Å²) in [6.07, 6.45) is 0. The monoisotopic (exact) mass is 226 g/mol. The Morgan fingerprint density at radius 2 is 2.00 bits per heavy atom. The maximum absolute atomic E-state index is 9.97. The molecule has 3 nitrogen and oxygen atoms in total. The second-order valence-electron chi connectivity index (χ2n) is 1.53. The fraction of sp³-hybridized carbons (Fsp3) is 1.00. The Labute approximate surface area is 85.4 Å². The van der Waals surface area contributed by atoms with E-state index >= 15 is 0 Å². The van der Waals surface area contributed by atoms with E-state index in [1.54, 1.807) is 6.92 Å². The summed E-state index contributed by atoms with van der Waals surface area (Å²) in [5, 5.41) is 0. The Balaban J connectivity index is 0. The summed E-state index contributed by atoms with van der Waals surface area (Å²) in [6.45, 7) is 1.65. The van der Waals surface area contributed by atoms with Crippen molar-refractivity contribution >= 4 is 55.6 Å². The first-order valence-electron chi connectivity index (χ1n) is 2.01. The molecule has 6 heteroatoms. The van der Waals surface area contributed by atoms with E-state index in [0.717, 1.165) is 0 Å². The maximum atomic E-state index is 9.97. The molecule has 0 bridgehead atoms. The molecule has 1 N–H and O–H groups in total. The molecule has 0 saturated carbocycles. The first kappa shape index (κ1) is 13.0. The van der Waals surface area contributed by atoms with Gasteiger partial charge in [-0.15, -0.1) is 0 Å². The molecule has 0 aliphatic rings. The number of alkyl halides is 1. The van der Waals surface area contributed by atoms with Crippen molar-refractivity contribution in [2.75, 3.05) is 5.75 Å². The van der Waals surface area contributed by atoms with Crippen molar-refractivity contribution in [2.24, 2.45) is 0 Å². The molecule has 52 valence electrons. The fourth-order valence-corrected chi connectivity index (χ4v) is 1.87. The van der Waals surface area contributed by atoms with Crippen LogP contribution >= 0.6 is 15.9 Å². The van der Waals surface area contributed by atoms with E-state index in [9.17, 15) is 8.42 Å². The fourth-order valence-electron chi connectivity index (χ4n) is 0.290. The summed E-state index contributed by atoms with van der Waals surface area (Å²) < 4.78 is 28.1.